The van der Waals surface area contributed by atoms with Crippen LogP contribution in [0, 0.1) is 6.92 Å². The molecule has 7 heteroatoms. The Balaban J connectivity index is 1.88. The van der Waals surface area contributed by atoms with Gasteiger partial charge in [-0.25, -0.2) is 4.79 Å². The fraction of sp³-hybridized carbons (Fsp3) is 0.615. The second-order valence-corrected chi connectivity index (χ2v) is 5.07. The lowest BCUT2D eigenvalue weighted by Crippen LogP contribution is -2.49. The van der Waals surface area contributed by atoms with E-state index in [0.29, 0.717) is 31.0 Å². The third kappa shape index (κ3) is 3.72. The van der Waals surface area contributed by atoms with Gasteiger partial charge in [-0.1, -0.05) is 5.16 Å². The predicted molar refractivity (Wildman–Crippen MR) is 71.9 cm³/mol. The molecule has 0 aliphatic carbocycles. The minimum Gasteiger partial charge on any atom is -0.361 e. The van der Waals surface area contributed by atoms with Crippen LogP contribution in [-0.2, 0) is 11.3 Å². The first-order valence-electron chi connectivity index (χ1n) is 6.78. The van der Waals surface area contributed by atoms with Crippen molar-refractivity contribution < 1.29 is 14.1 Å². The molecule has 0 aromatic carbocycles. The van der Waals surface area contributed by atoms with Gasteiger partial charge >= 0.3 is 6.03 Å². The molecule has 2 rings (SSSR count). The smallest absolute Gasteiger partial charge is 0.318 e. The number of nitrogens with zero attached hydrogens (tertiary/aromatic N) is 2. The van der Waals surface area contributed by atoms with Gasteiger partial charge in [-0.15, -0.1) is 0 Å². The Morgan fingerprint density at radius 1 is 1.60 bits per heavy atom. The molecule has 1 fully saturated rings. The molecule has 2 heterocycles. The number of hydrogen-bond donors (Lipinski definition) is 2. The van der Waals surface area contributed by atoms with Gasteiger partial charge in [-0.2, -0.15) is 0 Å². The average Bonchev–Trinajstić information content (AvgIpc) is 2.70. The largest absolute Gasteiger partial charge is 0.361 e. The third-order valence-electron chi connectivity index (χ3n) is 3.26. The number of carbonyl (C=O) groups excluding carboxylic acids is 2. The second kappa shape index (κ2) is 6.40. The van der Waals surface area contributed by atoms with Crippen molar-refractivity contribution in [3.63, 3.8) is 0 Å². The minimum atomic E-state index is -0.452. The first-order chi connectivity index (χ1) is 9.56. The Labute approximate surface area is 117 Å². The van der Waals surface area contributed by atoms with Gasteiger partial charge in [0.1, 0.15) is 17.5 Å². The summed E-state index contributed by atoms with van der Waals surface area (Å²) in [5.41, 5.74) is 0.686. The van der Waals surface area contributed by atoms with Crippen molar-refractivity contribution >= 4 is 11.9 Å². The van der Waals surface area contributed by atoms with Crippen LogP contribution in [0.3, 0.4) is 0 Å². The van der Waals surface area contributed by atoms with Crippen molar-refractivity contribution in [3.8, 4) is 0 Å². The van der Waals surface area contributed by atoms with E-state index in [4.69, 9.17) is 4.52 Å². The quantitative estimate of drug-likeness (QED) is 0.857. The van der Waals surface area contributed by atoms with Crippen molar-refractivity contribution in [2.24, 2.45) is 0 Å². The maximum atomic E-state index is 12.1. The molecule has 1 atom stereocenters. The topological polar surface area (TPSA) is 87.5 Å². The number of nitrogens with one attached hydrogen (secondary N) is 2. The van der Waals surface area contributed by atoms with Crippen LogP contribution in [0.15, 0.2) is 10.6 Å². The van der Waals surface area contributed by atoms with E-state index in [2.05, 4.69) is 15.8 Å². The maximum Gasteiger partial charge on any atom is 0.318 e. The summed E-state index contributed by atoms with van der Waals surface area (Å²) in [5.74, 6) is 0.596. The molecule has 1 saturated heterocycles. The molecule has 0 radical (unpaired) electrons. The summed E-state index contributed by atoms with van der Waals surface area (Å²) in [6.07, 6.45) is 2.55. The summed E-state index contributed by atoms with van der Waals surface area (Å²) in [5, 5.41) is 9.38. The van der Waals surface area contributed by atoms with E-state index in [0.717, 1.165) is 12.8 Å². The van der Waals surface area contributed by atoms with Crippen molar-refractivity contribution in [1.82, 2.24) is 20.7 Å². The fourth-order valence-corrected chi connectivity index (χ4v) is 2.14. The highest BCUT2D eigenvalue weighted by Crippen LogP contribution is 2.07. The summed E-state index contributed by atoms with van der Waals surface area (Å²) in [7, 11) is 1.66. The Morgan fingerprint density at radius 3 is 3.10 bits per heavy atom. The minimum absolute atomic E-state index is 0.110. The molecule has 20 heavy (non-hydrogen) atoms. The van der Waals surface area contributed by atoms with E-state index >= 15 is 0 Å². The van der Waals surface area contributed by atoms with Gasteiger partial charge in [0.15, 0.2) is 0 Å². The SMILES string of the molecule is Cc1cc(CN(C)C(=O)N[C@H]2CCCCNC2=O)no1. The van der Waals surface area contributed by atoms with Crippen LogP contribution in [0.2, 0.25) is 0 Å². The number of urea groups is 1. The average molecular weight is 280 g/mol. The van der Waals surface area contributed by atoms with E-state index in [9.17, 15) is 9.59 Å². The van der Waals surface area contributed by atoms with Crippen molar-refractivity contribution in [3.05, 3.63) is 17.5 Å². The second-order valence-electron chi connectivity index (χ2n) is 5.07. The highest BCUT2D eigenvalue weighted by molar-refractivity contribution is 5.87. The van der Waals surface area contributed by atoms with Gasteiger partial charge < -0.3 is 20.1 Å². The molecule has 1 aromatic rings. The zero-order chi connectivity index (χ0) is 14.5. The number of aromatic nitrogens is 1. The summed E-state index contributed by atoms with van der Waals surface area (Å²) in [6.45, 7) is 2.82. The highest BCUT2D eigenvalue weighted by atomic mass is 16.5. The molecule has 0 spiro atoms. The third-order valence-corrected chi connectivity index (χ3v) is 3.26. The van der Waals surface area contributed by atoms with Gasteiger partial charge in [0.2, 0.25) is 5.91 Å². The molecule has 0 unspecified atom stereocenters. The lowest BCUT2D eigenvalue weighted by atomic mass is 10.1. The molecular weight excluding hydrogens is 260 g/mol. The Hall–Kier alpha value is -2.05. The fourth-order valence-electron chi connectivity index (χ4n) is 2.14. The summed E-state index contributed by atoms with van der Waals surface area (Å²) in [6, 6.07) is 1.04. The van der Waals surface area contributed by atoms with Gasteiger partial charge in [-0.05, 0) is 26.2 Å². The molecule has 3 amide bonds. The van der Waals surface area contributed by atoms with E-state index in [1.165, 1.54) is 4.90 Å². The molecule has 2 N–H and O–H groups in total. The number of hydrogen-bond acceptors (Lipinski definition) is 4. The van der Waals surface area contributed by atoms with Gasteiger partial charge in [0.25, 0.3) is 0 Å². The van der Waals surface area contributed by atoms with Gasteiger partial charge in [0, 0.05) is 19.7 Å². The Morgan fingerprint density at radius 2 is 2.40 bits per heavy atom. The van der Waals surface area contributed by atoms with E-state index in [1.54, 1.807) is 20.0 Å². The molecule has 110 valence electrons. The Kier molecular flexibility index (Phi) is 4.60. The van der Waals surface area contributed by atoms with Crippen molar-refractivity contribution in [2.45, 2.75) is 38.8 Å². The normalized spacial score (nSPS) is 19.1. The number of rotatable bonds is 3. The monoisotopic (exact) mass is 280 g/mol. The molecular formula is C13H20N4O3. The van der Waals surface area contributed by atoms with Crippen LogP contribution in [-0.4, -0.2) is 41.6 Å². The lowest BCUT2D eigenvalue weighted by Gasteiger charge is -2.21. The first kappa shape index (κ1) is 14.4. The molecule has 1 aliphatic rings. The van der Waals surface area contributed by atoms with Crippen LogP contribution in [0.25, 0.3) is 0 Å². The van der Waals surface area contributed by atoms with E-state index < -0.39 is 6.04 Å². The molecule has 1 aliphatic heterocycles. The van der Waals surface area contributed by atoms with Crippen molar-refractivity contribution in [1.29, 1.82) is 0 Å². The lowest BCUT2D eigenvalue weighted by molar-refractivity contribution is -0.122. The molecule has 7 nitrogen and oxygen atoms in total. The van der Waals surface area contributed by atoms with Gasteiger partial charge in [0.05, 0.1) is 6.54 Å². The zero-order valence-corrected chi connectivity index (χ0v) is 11.8. The molecule has 0 bridgehead atoms. The van der Waals surface area contributed by atoms with Crippen LogP contribution < -0.4 is 10.6 Å². The van der Waals surface area contributed by atoms with Crippen LogP contribution in [0.4, 0.5) is 4.79 Å². The molecule has 0 saturated carbocycles. The van der Waals surface area contributed by atoms with Gasteiger partial charge in [-0.3, -0.25) is 4.79 Å². The standard InChI is InChI=1S/C13H20N4O3/c1-9-7-10(16-20-9)8-17(2)13(19)15-11-5-3-4-6-14-12(11)18/h7,11H,3-6,8H2,1-2H3,(H,14,18)(H,15,19)/t11-/m0/s1. The van der Waals surface area contributed by atoms with Crippen LogP contribution >= 0.6 is 0 Å². The number of aryl methyl sites for hydroxylation is 1. The summed E-state index contributed by atoms with van der Waals surface area (Å²) >= 11 is 0. The Bertz CT molecular complexity index is 486. The number of amides is 3. The van der Waals surface area contributed by atoms with Crippen molar-refractivity contribution in [2.75, 3.05) is 13.6 Å². The highest BCUT2D eigenvalue weighted by Gasteiger charge is 2.23. The first-order valence-corrected chi connectivity index (χ1v) is 6.78. The summed E-state index contributed by atoms with van der Waals surface area (Å²) < 4.78 is 4.96. The number of carbonyl (C=O) groups is 2. The zero-order valence-electron chi connectivity index (χ0n) is 11.8. The summed E-state index contributed by atoms with van der Waals surface area (Å²) in [4.78, 5) is 25.3. The van der Waals surface area contributed by atoms with Crippen LogP contribution in [0.5, 0.6) is 0 Å². The molecule has 1 aromatic heterocycles. The van der Waals surface area contributed by atoms with E-state index in [-0.39, 0.29) is 11.9 Å². The van der Waals surface area contributed by atoms with E-state index in [1.807, 2.05) is 0 Å². The maximum absolute atomic E-state index is 12.1. The van der Waals surface area contributed by atoms with Crippen LogP contribution in [0.1, 0.15) is 30.7 Å². The predicted octanol–water partition coefficient (Wildman–Crippen LogP) is 0.793.